The van der Waals surface area contributed by atoms with Crippen molar-refractivity contribution in [2.45, 2.75) is 31.7 Å². The van der Waals surface area contributed by atoms with Crippen LogP contribution in [0.3, 0.4) is 0 Å². The number of methoxy groups -OCH3 is 1. The molecule has 1 saturated carbocycles. The molecule has 0 amide bonds. The van der Waals surface area contributed by atoms with Gasteiger partial charge in [-0.2, -0.15) is 0 Å². The molecule has 0 aromatic carbocycles. The van der Waals surface area contributed by atoms with Crippen molar-refractivity contribution in [3.63, 3.8) is 0 Å². The van der Waals surface area contributed by atoms with Crippen molar-refractivity contribution in [1.82, 2.24) is 0 Å². The normalized spacial score (nSPS) is 20.5. The quantitative estimate of drug-likeness (QED) is 0.613. The fourth-order valence-corrected chi connectivity index (χ4v) is 1.34. The minimum Gasteiger partial charge on any atom is -0.468 e. The molecule has 0 saturated heterocycles. The molecule has 0 bridgehead atoms. The van der Waals surface area contributed by atoms with E-state index in [2.05, 4.69) is 4.74 Å². The molecule has 0 aliphatic heterocycles. The highest BCUT2D eigenvalue weighted by atomic mass is 16.5. The van der Waals surface area contributed by atoms with Crippen LogP contribution in [0.5, 0.6) is 0 Å². The van der Waals surface area contributed by atoms with Crippen LogP contribution in [-0.2, 0) is 9.53 Å². The SMILES string of the molecule is COC(=O)[C@@H](N)CC1CCC1. The molecule has 0 heterocycles. The van der Waals surface area contributed by atoms with E-state index in [1.807, 2.05) is 0 Å². The fourth-order valence-electron chi connectivity index (χ4n) is 1.34. The Morgan fingerprint density at radius 3 is 2.73 bits per heavy atom. The number of nitrogens with two attached hydrogens (primary N) is 1. The Kier molecular flexibility index (Phi) is 2.88. The van der Waals surface area contributed by atoms with Gasteiger partial charge in [0, 0.05) is 0 Å². The molecule has 0 spiro atoms. The van der Waals surface area contributed by atoms with Crippen LogP contribution in [0.15, 0.2) is 0 Å². The average Bonchev–Trinajstić information content (AvgIpc) is 1.94. The summed E-state index contributed by atoms with van der Waals surface area (Å²) in [5.41, 5.74) is 5.56. The van der Waals surface area contributed by atoms with Crippen LogP contribution in [0.25, 0.3) is 0 Å². The third-order valence-corrected chi connectivity index (χ3v) is 2.32. The Hall–Kier alpha value is -0.570. The van der Waals surface area contributed by atoms with Crippen molar-refractivity contribution in [3.05, 3.63) is 0 Å². The zero-order chi connectivity index (χ0) is 8.27. The number of carbonyl (C=O) groups excluding carboxylic acids is 1. The van der Waals surface area contributed by atoms with E-state index in [4.69, 9.17) is 5.73 Å². The Labute approximate surface area is 66.9 Å². The minimum absolute atomic E-state index is 0.281. The Morgan fingerprint density at radius 2 is 2.36 bits per heavy atom. The molecule has 0 radical (unpaired) electrons. The van der Waals surface area contributed by atoms with Crippen LogP contribution < -0.4 is 5.73 Å². The van der Waals surface area contributed by atoms with Gasteiger partial charge in [-0.1, -0.05) is 19.3 Å². The van der Waals surface area contributed by atoms with E-state index in [1.165, 1.54) is 26.4 Å². The topological polar surface area (TPSA) is 52.3 Å². The van der Waals surface area contributed by atoms with Crippen LogP contribution in [0, 0.1) is 5.92 Å². The van der Waals surface area contributed by atoms with Crippen molar-refractivity contribution in [2.24, 2.45) is 11.7 Å². The van der Waals surface area contributed by atoms with Crippen LogP contribution in [0.1, 0.15) is 25.7 Å². The van der Waals surface area contributed by atoms with Crippen LogP contribution in [0.2, 0.25) is 0 Å². The summed E-state index contributed by atoms with van der Waals surface area (Å²) in [7, 11) is 1.38. The first-order valence-electron chi connectivity index (χ1n) is 4.07. The maximum atomic E-state index is 10.8. The molecule has 1 aliphatic rings. The summed E-state index contributed by atoms with van der Waals surface area (Å²) in [5, 5.41) is 0. The van der Waals surface area contributed by atoms with E-state index in [0.29, 0.717) is 5.92 Å². The molecule has 1 aliphatic carbocycles. The predicted octanol–water partition coefficient (Wildman–Crippen LogP) is 0.677. The fraction of sp³-hybridized carbons (Fsp3) is 0.875. The molecule has 1 rings (SSSR count). The monoisotopic (exact) mass is 157 g/mol. The first-order valence-corrected chi connectivity index (χ1v) is 4.07. The highest BCUT2D eigenvalue weighted by molar-refractivity contribution is 5.75. The third kappa shape index (κ3) is 2.19. The molecule has 1 fully saturated rings. The third-order valence-electron chi connectivity index (χ3n) is 2.32. The molecular weight excluding hydrogens is 142 g/mol. The van der Waals surface area contributed by atoms with Crippen LogP contribution >= 0.6 is 0 Å². The minimum atomic E-state index is -0.398. The lowest BCUT2D eigenvalue weighted by Crippen LogP contribution is -2.35. The molecule has 0 aromatic heterocycles. The van der Waals surface area contributed by atoms with Gasteiger partial charge in [0.2, 0.25) is 0 Å². The van der Waals surface area contributed by atoms with Gasteiger partial charge in [-0.15, -0.1) is 0 Å². The second kappa shape index (κ2) is 3.72. The average molecular weight is 157 g/mol. The number of esters is 1. The smallest absolute Gasteiger partial charge is 0.322 e. The largest absolute Gasteiger partial charge is 0.468 e. The van der Waals surface area contributed by atoms with E-state index in [1.54, 1.807) is 0 Å². The molecule has 3 nitrogen and oxygen atoms in total. The van der Waals surface area contributed by atoms with Crippen molar-refractivity contribution in [2.75, 3.05) is 7.11 Å². The van der Waals surface area contributed by atoms with Gasteiger partial charge in [0.05, 0.1) is 7.11 Å². The molecule has 3 heteroatoms. The van der Waals surface area contributed by atoms with E-state index < -0.39 is 6.04 Å². The van der Waals surface area contributed by atoms with E-state index in [-0.39, 0.29) is 5.97 Å². The van der Waals surface area contributed by atoms with Crippen molar-refractivity contribution in [1.29, 1.82) is 0 Å². The van der Waals surface area contributed by atoms with Gasteiger partial charge < -0.3 is 10.5 Å². The Bertz CT molecular complexity index is 143. The van der Waals surface area contributed by atoms with Crippen molar-refractivity contribution in [3.8, 4) is 0 Å². The molecule has 11 heavy (non-hydrogen) atoms. The molecule has 0 unspecified atom stereocenters. The van der Waals surface area contributed by atoms with Gasteiger partial charge >= 0.3 is 5.97 Å². The molecular formula is C8H15NO2. The zero-order valence-electron chi connectivity index (χ0n) is 6.88. The maximum absolute atomic E-state index is 10.8. The lowest BCUT2D eigenvalue weighted by molar-refractivity contribution is -0.142. The summed E-state index contributed by atoms with van der Waals surface area (Å²) in [4.78, 5) is 10.8. The highest BCUT2D eigenvalue weighted by Gasteiger charge is 2.23. The first-order chi connectivity index (χ1) is 5.24. The maximum Gasteiger partial charge on any atom is 0.322 e. The summed E-state index contributed by atoms with van der Waals surface area (Å²) >= 11 is 0. The van der Waals surface area contributed by atoms with Crippen molar-refractivity contribution < 1.29 is 9.53 Å². The number of carbonyl (C=O) groups is 1. The summed E-state index contributed by atoms with van der Waals surface area (Å²) < 4.78 is 4.52. The number of ether oxygens (including phenoxy) is 1. The summed E-state index contributed by atoms with van der Waals surface area (Å²) in [5.74, 6) is 0.390. The van der Waals surface area contributed by atoms with Gasteiger partial charge in [0.1, 0.15) is 6.04 Å². The second-order valence-electron chi connectivity index (χ2n) is 3.16. The molecule has 1 atom stereocenters. The number of hydrogen-bond donors (Lipinski definition) is 1. The van der Waals surface area contributed by atoms with Gasteiger partial charge in [0.25, 0.3) is 0 Å². The lowest BCUT2D eigenvalue weighted by Gasteiger charge is -2.26. The summed E-state index contributed by atoms with van der Waals surface area (Å²) in [6.07, 6.45) is 4.54. The standard InChI is InChI=1S/C8H15NO2/c1-11-8(10)7(9)5-6-3-2-4-6/h6-7H,2-5,9H2,1H3/t7-/m0/s1. The van der Waals surface area contributed by atoms with Gasteiger partial charge in [-0.05, 0) is 12.3 Å². The first kappa shape index (κ1) is 8.53. The van der Waals surface area contributed by atoms with Crippen molar-refractivity contribution >= 4 is 5.97 Å². The van der Waals surface area contributed by atoms with Gasteiger partial charge in [-0.3, -0.25) is 4.79 Å². The predicted molar refractivity (Wildman–Crippen MR) is 41.9 cm³/mol. The van der Waals surface area contributed by atoms with E-state index >= 15 is 0 Å². The second-order valence-corrected chi connectivity index (χ2v) is 3.16. The summed E-state index contributed by atoms with van der Waals surface area (Å²) in [6, 6.07) is -0.398. The molecule has 0 aromatic rings. The van der Waals surface area contributed by atoms with Gasteiger partial charge in [-0.25, -0.2) is 0 Å². The Morgan fingerprint density at radius 1 is 1.73 bits per heavy atom. The number of rotatable bonds is 3. The van der Waals surface area contributed by atoms with E-state index in [0.717, 1.165) is 6.42 Å². The lowest BCUT2D eigenvalue weighted by atomic mass is 9.81. The van der Waals surface area contributed by atoms with Crippen LogP contribution in [-0.4, -0.2) is 19.1 Å². The zero-order valence-corrected chi connectivity index (χ0v) is 6.88. The van der Waals surface area contributed by atoms with E-state index in [9.17, 15) is 4.79 Å². The van der Waals surface area contributed by atoms with Crippen LogP contribution in [0.4, 0.5) is 0 Å². The molecule has 2 N–H and O–H groups in total. The summed E-state index contributed by atoms with van der Waals surface area (Å²) in [6.45, 7) is 0. The van der Waals surface area contributed by atoms with Gasteiger partial charge in [0.15, 0.2) is 0 Å². The highest BCUT2D eigenvalue weighted by Crippen LogP contribution is 2.30. The number of hydrogen-bond acceptors (Lipinski definition) is 3. The Balaban J connectivity index is 2.18. The molecule has 64 valence electrons.